The Morgan fingerprint density at radius 1 is 1.56 bits per heavy atom. The van der Waals surface area contributed by atoms with Crippen LogP contribution in [0.2, 0.25) is 5.02 Å². The first kappa shape index (κ1) is 12.4. The molecule has 7 heteroatoms. The van der Waals surface area contributed by atoms with E-state index in [1.807, 2.05) is 0 Å². The van der Waals surface area contributed by atoms with Crippen LogP contribution in [0.4, 0.5) is 5.69 Å². The van der Waals surface area contributed by atoms with Crippen LogP contribution >= 0.6 is 11.6 Å². The Balaban J connectivity index is 3.11. The standard InChI is InChI=1S/C9H10ClN3O3/c10-6-2-1-3-8(13(15)16)5(6)4-7(11)9(12)14/h1-3,7H,4,11H2,(H2,12,14). The third kappa shape index (κ3) is 2.68. The second-order valence-corrected chi connectivity index (χ2v) is 3.61. The first-order valence-electron chi connectivity index (χ1n) is 4.40. The lowest BCUT2D eigenvalue weighted by Crippen LogP contribution is -2.38. The molecule has 0 saturated heterocycles. The Kier molecular flexibility index (Phi) is 3.81. The van der Waals surface area contributed by atoms with Crippen molar-refractivity contribution in [3.05, 3.63) is 38.9 Å². The van der Waals surface area contributed by atoms with Gasteiger partial charge in [0.1, 0.15) is 0 Å². The summed E-state index contributed by atoms with van der Waals surface area (Å²) >= 11 is 5.81. The molecule has 16 heavy (non-hydrogen) atoms. The van der Waals surface area contributed by atoms with E-state index in [2.05, 4.69) is 0 Å². The van der Waals surface area contributed by atoms with Crippen molar-refractivity contribution in [2.24, 2.45) is 11.5 Å². The van der Waals surface area contributed by atoms with Gasteiger partial charge >= 0.3 is 0 Å². The number of primary amides is 1. The van der Waals surface area contributed by atoms with Gasteiger partial charge in [-0.2, -0.15) is 0 Å². The minimum absolute atomic E-state index is 0.0503. The normalized spacial score (nSPS) is 12.1. The highest BCUT2D eigenvalue weighted by atomic mass is 35.5. The number of hydrogen-bond acceptors (Lipinski definition) is 4. The van der Waals surface area contributed by atoms with E-state index in [1.165, 1.54) is 18.2 Å². The van der Waals surface area contributed by atoms with Crippen LogP contribution in [-0.2, 0) is 11.2 Å². The minimum atomic E-state index is -0.987. The van der Waals surface area contributed by atoms with Crippen molar-refractivity contribution < 1.29 is 9.72 Å². The molecular weight excluding hydrogens is 234 g/mol. The average molecular weight is 244 g/mol. The minimum Gasteiger partial charge on any atom is -0.368 e. The molecule has 1 amide bonds. The zero-order valence-electron chi connectivity index (χ0n) is 8.22. The summed E-state index contributed by atoms with van der Waals surface area (Å²) in [5, 5.41) is 10.9. The van der Waals surface area contributed by atoms with Crippen LogP contribution in [-0.4, -0.2) is 16.9 Å². The molecule has 4 N–H and O–H groups in total. The Hall–Kier alpha value is -1.66. The summed E-state index contributed by atoms with van der Waals surface area (Å²) in [5.74, 6) is -0.728. The number of nitrogens with two attached hydrogens (primary N) is 2. The van der Waals surface area contributed by atoms with Gasteiger partial charge in [-0.25, -0.2) is 0 Å². The van der Waals surface area contributed by atoms with Crippen LogP contribution in [0.15, 0.2) is 18.2 Å². The van der Waals surface area contributed by atoms with Gasteiger partial charge in [-0.1, -0.05) is 17.7 Å². The zero-order chi connectivity index (χ0) is 12.3. The predicted molar refractivity (Wildman–Crippen MR) is 59.0 cm³/mol. The van der Waals surface area contributed by atoms with Crippen molar-refractivity contribution in [1.82, 2.24) is 0 Å². The van der Waals surface area contributed by atoms with Crippen LogP contribution in [0.3, 0.4) is 0 Å². The van der Waals surface area contributed by atoms with E-state index in [0.29, 0.717) is 0 Å². The van der Waals surface area contributed by atoms with E-state index in [0.717, 1.165) is 0 Å². The number of hydrogen-bond donors (Lipinski definition) is 2. The summed E-state index contributed by atoms with van der Waals surface area (Å²) in [6.07, 6.45) is -0.0503. The van der Waals surface area contributed by atoms with Crippen LogP contribution in [0.1, 0.15) is 5.56 Å². The van der Waals surface area contributed by atoms with Crippen LogP contribution < -0.4 is 11.5 Å². The van der Waals surface area contributed by atoms with Crippen molar-refractivity contribution in [3.8, 4) is 0 Å². The first-order chi connectivity index (χ1) is 7.43. The largest absolute Gasteiger partial charge is 0.368 e. The number of benzene rings is 1. The molecule has 1 aromatic carbocycles. The molecule has 86 valence electrons. The molecule has 0 spiro atoms. The number of rotatable bonds is 4. The Bertz CT molecular complexity index is 436. The molecule has 1 rings (SSSR count). The predicted octanol–water partition coefficient (Wildman–Crippen LogP) is 0.603. The number of halogens is 1. The quantitative estimate of drug-likeness (QED) is 0.596. The van der Waals surface area contributed by atoms with Crippen molar-refractivity contribution in [3.63, 3.8) is 0 Å². The molecule has 0 aromatic heterocycles. The maximum atomic E-state index is 10.8. The SMILES string of the molecule is NC(=O)C(N)Cc1c(Cl)cccc1[N+](=O)[O-]. The summed E-state index contributed by atoms with van der Waals surface area (Å²) in [7, 11) is 0. The van der Waals surface area contributed by atoms with Gasteiger partial charge < -0.3 is 11.5 Å². The average Bonchev–Trinajstić information content (AvgIpc) is 2.20. The van der Waals surface area contributed by atoms with Crippen LogP contribution in [0, 0.1) is 10.1 Å². The number of nitro benzene ring substituents is 1. The molecule has 0 aliphatic heterocycles. The molecule has 0 bridgehead atoms. The summed E-state index contributed by atoms with van der Waals surface area (Å²) in [5.41, 5.74) is 10.5. The van der Waals surface area contributed by atoms with Gasteiger partial charge in [-0.3, -0.25) is 14.9 Å². The number of carbonyl (C=O) groups is 1. The van der Waals surface area contributed by atoms with Gasteiger partial charge in [0.25, 0.3) is 5.69 Å². The Morgan fingerprint density at radius 2 is 2.19 bits per heavy atom. The maximum Gasteiger partial charge on any atom is 0.274 e. The fourth-order valence-electron chi connectivity index (χ4n) is 1.24. The molecule has 6 nitrogen and oxygen atoms in total. The highest BCUT2D eigenvalue weighted by Crippen LogP contribution is 2.27. The third-order valence-electron chi connectivity index (χ3n) is 2.08. The smallest absolute Gasteiger partial charge is 0.274 e. The van der Waals surface area contributed by atoms with Gasteiger partial charge in [-0.05, 0) is 6.07 Å². The van der Waals surface area contributed by atoms with E-state index in [9.17, 15) is 14.9 Å². The molecule has 1 atom stereocenters. The van der Waals surface area contributed by atoms with E-state index in [-0.39, 0.29) is 22.7 Å². The van der Waals surface area contributed by atoms with Crippen molar-refractivity contribution in [1.29, 1.82) is 0 Å². The first-order valence-corrected chi connectivity index (χ1v) is 4.78. The Labute approximate surface area is 96.3 Å². The monoisotopic (exact) mass is 243 g/mol. The fraction of sp³-hybridized carbons (Fsp3) is 0.222. The molecule has 0 heterocycles. The van der Waals surface area contributed by atoms with Gasteiger partial charge in [0.05, 0.1) is 21.6 Å². The van der Waals surface area contributed by atoms with Gasteiger partial charge in [-0.15, -0.1) is 0 Å². The molecule has 1 unspecified atom stereocenters. The van der Waals surface area contributed by atoms with E-state index in [4.69, 9.17) is 23.1 Å². The summed E-state index contributed by atoms with van der Waals surface area (Å²) in [6, 6.07) is 3.27. The summed E-state index contributed by atoms with van der Waals surface area (Å²) in [6.45, 7) is 0. The number of amides is 1. The van der Waals surface area contributed by atoms with Gasteiger partial charge in [0.2, 0.25) is 5.91 Å². The lowest BCUT2D eigenvalue weighted by Gasteiger charge is -2.09. The highest BCUT2D eigenvalue weighted by Gasteiger charge is 2.21. The highest BCUT2D eigenvalue weighted by molar-refractivity contribution is 6.31. The molecule has 0 aliphatic carbocycles. The summed E-state index contributed by atoms with van der Waals surface area (Å²) < 4.78 is 0. The number of carbonyl (C=O) groups excluding carboxylic acids is 1. The molecule has 1 aromatic rings. The molecule has 0 fully saturated rings. The lowest BCUT2D eigenvalue weighted by atomic mass is 10.0. The number of nitro groups is 1. The number of nitrogens with zero attached hydrogens (tertiary/aromatic N) is 1. The van der Waals surface area contributed by atoms with E-state index in [1.54, 1.807) is 0 Å². The van der Waals surface area contributed by atoms with E-state index >= 15 is 0 Å². The molecular formula is C9H10ClN3O3. The van der Waals surface area contributed by atoms with Crippen molar-refractivity contribution in [2.45, 2.75) is 12.5 Å². The molecule has 0 saturated carbocycles. The maximum absolute atomic E-state index is 10.8. The van der Waals surface area contributed by atoms with Gasteiger partial charge in [0.15, 0.2) is 0 Å². The van der Waals surface area contributed by atoms with E-state index < -0.39 is 16.9 Å². The van der Waals surface area contributed by atoms with Crippen molar-refractivity contribution >= 4 is 23.2 Å². The fourth-order valence-corrected chi connectivity index (χ4v) is 1.49. The second kappa shape index (κ2) is 4.91. The second-order valence-electron chi connectivity index (χ2n) is 3.21. The topological polar surface area (TPSA) is 112 Å². The van der Waals surface area contributed by atoms with Crippen LogP contribution in [0.25, 0.3) is 0 Å². The molecule has 0 aliphatic rings. The lowest BCUT2D eigenvalue weighted by molar-refractivity contribution is -0.385. The van der Waals surface area contributed by atoms with Crippen LogP contribution in [0.5, 0.6) is 0 Å². The Morgan fingerprint density at radius 3 is 2.69 bits per heavy atom. The zero-order valence-corrected chi connectivity index (χ0v) is 8.98. The summed E-state index contributed by atoms with van der Waals surface area (Å²) in [4.78, 5) is 20.9. The molecule has 0 radical (unpaired) electrons. The van der Waals surface area contributed by atoms with Crippen molar-refractivity contribution in [2.75, 3.05) is 0 Å². The third-order valence-corrected chi connectivity index (χ3v) is 2.43. The van der Waals surface area contributed by atoms with Gasteiger partial charge in [0, 0.05) is 12.5 Å².